The normalized spacial score (nSPS) is 17.3. The number of hydrogen-bond acceptors (Lipinski definition) is 9. The number of para-hydroxylation sites is 3. The highest BCUT2D eigenvalue weighted by Crippen LogP contribution is 2.39. The molecule has 0 fully saturated rings. The second-order valence-electron chi connectivity index (χ2n) is 11.7. The van der Waals surface area contributed by atoms with Crippen LogP contribution in [-0.4, -0.2) is 78.8 Å². The van der Waals surface area contributed by atoms with E-state index in [1.165, 1.54) is 0 Å². The zero-order valence-corrected chi connectivity index (χ0v) is 28.6. The van der Waals surface area contributed by atoms with Crippen LogP contribution in [0.1, 0.15) is 49.8 Å². The van der Waals surface area contributed by atoms with Crippen LogP contribution in [-0.2, 0) is 35.6 Å². The second kappa shape index (κ2) is 18.9. The van der Waals surface area contributed by atoms with Gasteiger partial charge in [0.05, 0.1) is 43.5 Å². The van der Waals surface area contributed by atoms with Gasteiger partial charge in [-0.15, -0.1) is 0 Å². The molecule has 1 aliphatic heterocycles. The molecule has 0 aliphatic carbocycles. The number of nitrogens with one attached hydrogen (secondary N) is 2. The average molecular weight is 680 g/mol. The van der Waals surface area contributed by atoms with Crippen LogP contribution in [0.3, 0.4) is 0 Å². The number of nitrogens with two attached hydrogens (primary N) is 1. The molecule has 5 N–H and O–H groups in total. The second-order valence-corrected chi connectivity index (χ2v) is 11.7. The number of allylic oxidation sites excluding steroid dienone is 1. The molecule has 2 aromatic carbocycles. The highest BCUT2D eigenvalue weighted by molar-refractivity contribution is 5.93. The quantitative estimate of drug-likeness (QED) is 0.110. The van der Waals surface area contributed by atoms with Crippen molar-refractivity contribution < 1.29 is 33.6 Å². The average Bonchev–Trinajstić information content (AvgIpc) is 3.32. The highest BCUT2D eigenvalue weighted by Gasteiger charge is 2.41. The molecule has 0 spiro atoms. The summed E-state index contributed by atoms with van der Waals surface area (Å²) in [6.07, 6.45) is 2.78. The number of anilines is 2. The number of rotatable bonds is 19. The number of aromatic nitrogens is 2. The van der Waals surface area contributed by atoms with Gasteiger partial charge >= 0.3 is 0 Å². The molecule has 49 heavy (non-hydrogen) atoms. The van der Waals surface area contributed by atoms with E-state index in [-0.39, 0.29) is 42.8 Å². The van der Waals surface area contributed by atoms with Gasteiger partial charge in [0.1, 0.15) is 0 Å². The number of carbonyl (C=O) groups is 2. The van der Waals surface area contributed by atoms with Crippen LogP contribution in [0, 0.1) is 12.8 Å². The summed E-state index contributed by atoms with van der Waals surface area (Å²) in [6.45, 7) is 5.61. The largest absolute Gasteiger partial charge is 0.459 e. The van der Waals surface area contributed by atoms with E-state index >= 15 is 0 Å². The Balaban J connectivity index is 1.50. The Bertz CT molecular complexity index is 1600. The summed E-state index contributed by atoms with van der Waals surface area (Å²) in [4.78, 5) is 40.0. The SMILES string of the molecule is CCO[C@@H]1OC(C(=O)NCCCCC(=O)Nc2ccccc2N)=C[C@H](c2c(C)n(C)n(-c3ccccc3)c2=O)[C@@H]1CCOCCOCCO. The van der Waals surface area contributed by atoms with E-state index in [1.54, 1.807) is 35.0 Å². The van der Waals surface area contributed by atoms with E-state index in [0.29, 0.717) is 69.2 Å². The topological polar surface area (TPSA) is 168 Å². The van der Waals surface area contributed by atoms with Crippen LogP contribution in [0.25, 0.3) is 5.69 Å². The molecule has 0 saturated carbocycles. The zero-order valence-electron chi connectivity index (χ0n) is 28.6. The maximum atomic E-state index is 14.1. The Morgan fingerprint density at radius 1 is 1.00 bits per heavy atom. The molecule has 4 rings (SSSR count). The minimum atomic E-state index is -0.812. The minimum absolute atomic E-state index is 0.0574. The fraction of sp³-hybridized carbons (Fsp3) is 0.472. The van der Waals surface area contributed by atoms with Crippen molar-refractivity contribution in [1.29, 1.82) is 0 Å². The number of nitrogens with zero attached hydrogens (tertiary/aromatic N) is 2. The molecule has 2 amide bonds. The van der Waals surface area contributed by atoms with Crippen LogP contribution < -0.4 is 21.9 Å². The molecule has 1 aliphatic rings. The van der Waals surface area contributed by atoms with Gasteiger partial charge in [-0.05, 0) is 63.5 Å². The summed E-state index contributed by atoms with van der Waals surface area (Å²) >= 11 is 0. The predicted octanol–water partition coefficient (Wildman–Crippen LogP) is 3.38. The molecule has 2 heterocycles. The van der Waals surface area contributed by atoms with Crippen molar-refractivity contribution in [2.45, 2.75) is 51.7 Å². The van der Waals surface area contributed by atoms with Crippen LogP contribution >= 0.6 is 0 Å². The Morgan fingerprint density at radius 2 is 1.71 bits per heavy atom. The first-order chi connectivity index (χ1) is 23.8. The van der Waals surface area contributed by atoms with Crippen LogP contribution in [0.5, 0.6) is 0 Å². The highest BCUT2D eigenvalue weighted by atomic mass is 16.7. The number of carbonyl (C=O) groups excluding carboxylic acids is 2. The lowest BCUT2D eigenvalue weighted by atomic mass is 9.81. The molecule has 0 bridgehead atoms. The molecule has 266 valence electrons. The van der Waals surface area contributed by atoms with Crippen LogP contribution in [0.2, 0.25) is 0 Å². The number of nitrogen functional groups attached to an aromatic ring is 1. The number of aliphatic hydroxyl groups excluding tert-OH is 1. The number of aliphatic hydroxyl groups is 1. The van der Waals surface area contributed by atoms with Gasteiger partial charge in [-0.2, -0.15) is 0 Å². The van der Waals surface area contributed by atoms with Crippen molar-refractivity contribution in [1.82, 2.24) is 14.7 Å². The summed E-state index contributed by atoms with van der Waals surface area (Å²) < 4.78 is 26.8. The van der Waals surface area contributed by atoms with E-state index < -0.39 is 18.1 Å². The Hall–Kier alpha value is -4.43. The molecule has 0 radical (unpaired) electrons. The molecule has 13 heteroatoms. The summed E-state index contributed by atoms with van der Waals surface area (Å²) in [7, 11) is 1.84. The molecular weight excluding hydrogens is 630 g/mol. The van der Waals surface area contributed by atoms with Gasteiger partial charge < -0.3 is 40.4 Å². The van der Waals surface area contributed by atoms with Crippen LogP contribution in [0.15, 0.2) is 71.2 Å². The number of benzene rings is 2. The third kappa shape index (κ3) is 10.0. The third-order valence-corrected chi connectivity index (χ3v) is 8.43. The first-order valence-corrected chi connectivity index (χ1v) is 16.8. The molecule has 3 atom stereocenters. The van der Waals surface area contributed by atoms with Gasteiger partial charge in [-0.25, -0.2) is 4.68 Å². The van der Waals surface area contributed by atoms with E-state index in [2.05, 4.69) is 10.6 Å². The van der Waals surface area contributed by atoms with E-state index in [4.69, 9.17) is 29.8 Å². The Kier molecular flexibility index (Phi) is 14.5. The number of ether oxygens (including phenoxy) is 4. The van der Waals surface area contributed by atoms with Crippen LogP contribution in [0.4, 0.5) is 11.4 Å². The fourth-order valence-electron chi connectivity index (χ4n) is 5.87. The number of hydrogen-bond donors (Lipinski definition) is 4. The molecule has 0 saturated heterocycles. The molecule has 1 aromatic heterocycles. The summed E-state index contributed by atoms with van der Waals surface area (Å²) in [6, 6.07) is 16.5. The van der Waals surface area contributed by atoms with E-state index in [0.717, 1.165) is 11.4 Å². The lowest BCUT2D eigenvalue weighted by molar-refractivity contribution is -0.168. The van der Waals surface area contributed by atoms with Crippen molar-refractivity contribution >= 4 is 23.2 Å². The van der Waals surface area contributed by atoms with Crippen molar-refractivity contribution in [3.63, 3.8) is 0 Å². The van der Waals surface area contributed by atoms with Crippen molar-refractivity contribution in [2.24, 2.45) is 13.0 Å². The Labute approximate surface area is 287 Å². The van der Waals surface area contributed by atoms with Crippen molar-refractivity contribution in [3.8, 4) is 5.69 Å². The fourth-order valence-corrected chi connectivity index (χ4v) is 5.87. The van der Waals surface area contributed by atoms with Gasteiger partial charge in [0, 0.05) is 56.3 Å². The lowest BCUT2D eigenvalue weighted by Gasteiger charge is -2.36. The minimum Gasteiger partial charge on any atom is -0.459 e. The summed E-state index contributed by atoms with van der Waals surface area (Å²) in [5.74, 6) is -1.37. The Morgan fingerprint density at radius 3 is 2.43 bits per heavy atom. The molecule has 13 nitrogen and oxygen atoms in total. The van der Waals surface area contributed by atoms with Gasteiger partial charge in [0.15, 0.2) is 5.76 Å². The van der Waals surface area contributed by atoms with E-state index in [1.807, 2.05) is 55.9 Å². The maximum Gasteiger partial charge on any atom is 0.286 e. The molecule has 3 aromatic rings. The van der Waals surface area contributed by atoms with Crippen molar-refractivity contribution in [3.05, 3.63) is 88.0 Å². The summed E-state index contributed by atoms with van der Waals surface area (Å²) in [5.41, 5.74) is 8.81. The van der Waals surface area contributed by atoms with Gasteiger partial charge in [0.25, 0.3) is 11.5 Å². The lowest BCUT2D eigenvalue weighted by Crippen LogP contribution is -2.40. The molecule has 0 unspecified atom stereocenters. The van der Waals surface area contributed by atoms with Crippen molar-refractivity contribution in [2.75, 3.05) is 57.2 Å². The number of amides is 2. The first kappa shape index (κ1) is 37.4. The molecular formula is C36H49N5O8. The number of unbranched alkanes of at least 4 members (excludes halogenated alkanes) is 1. The standard InChI is InChI=1S/C36H49N5O8/c1-4-48-36-27(17-20-46-22-23-47-21-19-42)28(33-25(2)40(3)41(35(33)45)26-12-6-5-7-13-26)24-31(49-36)34(44)38-18-11-10-16-32(43)39-30-15-9-8-14-29(30)37/h5-9,12-15,24,27-28,36,42H,4,10-11,16-23,37H2,1-3H3,(H,38,44)(H,39,43)/t27-,28-,36+/m0/s1. The first-order valence-electron chi connectivity index (χ1n) is 16.8. The van der Waals surface area contributed by atoms with Gasteiger partial charge in [-0.1, -0.05) is 30.3 Å². The predicted molar refractivity (Wildman–Crippen MR) is 186 cm³/mol. The maximum absolute atomic E-state index is 14.1. The smallest absolute Gasteiger partial charge is 0.286 e. The summed E-state index contributed by atoms with van der Waals surface area (Å²) in [5, 5.41) is 14.6. The van der Waals surface area contributed by atoms with E-state index in [9.17, 15) is 14.4 Å². The monoisotopic (exact) mass is 679 g/mol. The third-order valence-electron chi connectivity index (χ3n) is 8.43. The van der Waals surface area contributed by atoms with Gasteiger partial charge in [-0.3, -0.25) is 19.1 Å². The zero-order chi connectivity index (χ0) is 35.2. The van der Waals surface area contributed by atoms with Gasteiger partial charge in [0.2, 0.25) is 12.2 Å².